The molecule has 1 aromatic heterocycles. The minimum absolute atomic E-state index is 0.0904. The van der Waals surface area contributed by atoms with Crippen LogP contribution in [0.3, 0.4) is 0 Å². The maximum Gasteiger partial charge on any atom is 0.275 e. The Morgan fingerprint density at radius 1 is 1.45 bits per heavy atom. The first-order valence-electron chi connectivity index (χ1n) is 7.02. The molecule has 1 fully saturated rings. The third kappa shape index (κ3) is 2.90. The van der Waals surface area contributed by atoms with Gasteiger partial charge in [0.15, 0.2) is 5.69 Å². The molecular weight excluding hydrogens is 254 g/mol. The Kier molecular flexibility index (Phi) is 4.23. The average molecular weight is 277 g/mol. The van der Waals surface area contributed by atoms with E-state index in [2.05, 4.69) is 21.9 Å². The number of amides is 1. The van der Waals surface area contributed by atoms with Crippen molar-refractivity contribution < 1.29 is 4.79 Å². The lowest BCUT2D eigenvalue weighted by atomic mass is 10.1. The molecule has 1 aliphatic heterocycles. The Bertz CT molecular complexity index is 502. The minimum atomic E-state index is -0.0904. The van der Waals surface area contributed by atoms with Crippen molar-refractivity contribution in [2.75, 3.05) is 32.4 Å². The molecule has 0 spiro atoms. The number of carbonyl (C=O) groups excluding carboxylic acids is 1. The van der Waals surface area contributed by atoms with Gasteiger partial charge in [-0.2, -0.15) is 0 Å². The summed E-state index contributed by atoms with van der Waals surface area (Å²) >= 11 is 0. The predicted octanol–water partition coefficient (Wildman–Crippen LogP) is 0.958. The largest absolute Gasteiger partial charge is 0.396 e. The summed E-state index contributed by atoms with van der Waals surface area (Å²) in [6.07, 6.45) is 1.54. The normalized spacial score (nSPS) is 20.4. The van der Waals surface area contributed by atoms with E-state index in [1.54, 1.807) is 0 Å². The summed E-state index contributed by atoms with van der Waals surface area (Å²) in [5, 5.41) is 0. The number of hydrogen-bond donors (Lipinski definition) is 1. The van der Waals surface area contributed by atoms with E-state index in [1.807, 2.05) is 25.7 Å². The average Bonchev–Trinajstić information content (AvgIpc) is 2.38. The van der Waals surface area contributed by atoms with Crippen molar-refractivity contribution in [3.8, 4) is 0 Å². The molecule has 2 heterocycles. The van der Waals surface area contributed by atoms with E-state index in [-0.39, 0.29) is 17.9 Å². The quantitative estimate of drug-likeness (QED) is 0.871. The number of rotatable bonds is 2. The zero-order chi connectivity index (χ0) is 14.9. The summed E-state index contributed by atoms with van der Waals surface area (Å²) in [6.45, 7) is 8.49. The number of nitrogen functional groups attached to an aromatic ring is 1. The van der Waals surface area contributed by atoms with Crippen LogP contribution in [0.2, 0.25) is 0 Å². The molecule has 110 valence electrons. The topological polar surface area (TPSA) is 75.3 Å². The van der Waals surface area contributed by atoms with Crippen LogP contribution in [-0.2, 0) is 0 Å². The standard InChI is InChI=1S/C14H23N5O/c1-9(2)13-16-7-11(15)12(17-13)14(20)19-6-5-18(4)8-10(19)3/h7,9-10H,5-6,8,15H2,1-4H3. The number of carbonyl (C=O) groups is 1. The number of nitrogens with zero attached hydrogens (tertiary/aromatic N) is 4. The molecule has 0 radical (unpaired) electrons. The minimum Gasteiger partial charge on any atom is -0.396 e. The highest BCUT2D eigenvalue weighted by molar-refractivity contribution is 5.97. The smallest absolute Gasteiger partial charge is 0.275 e. The molecule has 1 amide bonds. The van der Waals surface area contributed by atoms with Gasteiger partial charge in [-0.1, -0.05) is 13.8 Å². The van der Waals surface area contributed by atoms with Gasteiger partial charge in [0.25, 0.3) is 5.91 Å². The molecule has 0 aliphatic carbocycles. The van der Waals surface area contributed by atoms with Crippen molar-refractivity contribution in [1.82, 2.24) is 19.8 Å². The van der Waals surface area contributed by atoms with E-state index in [0.29, 0.717) is 23.8 Å². The fourth-order valence-corrected chi connectivity index (χ4v) is 2.43. The van der Waals surface area contributed by atoms with Crippen LogP contribution >= 0.6 is 0 Å². The van der Waals surface area contributed by atoms with Crippen molar-refractivity contribution in [1.29, 1.82) is 0 Å². The van der Waals surface area contributed by atoms with Gasteiger partial charge in [-0.05, 0) is 14.0 Å². The molecule has 2 N–H and O–H groups in total. The SMILES string of the molecule is CC(C)c1ncc(N)c(C(=O)N2CCN(C)CC2C)n1. The van der Waals surface area contributed by atoms with Crippen molar-refractivity contribution in [2.24, 2.45) is 0 Å². The zero-order valence-electron chi connectivity index (χ0n) is 12.6. The molecule has 6 heteroatoms. The Morgan fingerprint density at radius 3 is 2.75 bits per heavy atom. The highest BCUT2D eigenvalue weighted by Crippen LogP contribution is 2.18. The molecule has 2 rings (SSSR count). The van der Waals surface area contributed by atoms with Gasteiger partial charge < -0.3 is 15.5 Å². The van der Waals surface area contributed by atoms with Crippen molar-refractivity contribution in [2.45, 2.75) is 32.7 Å². The summed E-state index contributed by atoms with van der Waals surface area (Å²) < 4.78 is 0. The van der Waals surface area contributed by atoms with Gasteiger partial charge in [0, 0.05) is 31.6 Å². The number of hydrogen-bond acceptors (Lipinski definition) is 5. The van der Waals surface area contributed by atoms with Crippen LogP contribution < -0.4 is 5.73 Å². The van der Waals surface area contributed by atoms with E-state index in [0.717, 1.165) is 13.1 Å². The van der Waals surface area contributed by atoms with Gasteiger partial charge in [-0.3, -0.25) is 4.79 Å². The van der Waals surface area contributed by atoms with Crippen LogP contribution in [0.5, 0.6) is 0 Å². The lowest BCUT2D eigenvalue weighted by molar-refractivity contribution is 0.0528. The van der Waals surface area contributed by atoms with Gasteiger partial charge in [0.2, 0.25) is 0 Å². The summed E-state index contributed by atoms with van der Waals surface area (Å²) in [5.41, 5.74) is 6.57. The molecule has 0 bridgehead atoms. The van der Waals surface area contributed by atoms with E-state index < -0.39 is 0 Å². The Balaban J connectivity index is 2.26. The summed E-state index contributed by atoms with van der Waals surface area (Å²) in [6, 6.07) is 0.165. The maximum absolute atomic E-state index is 12.6. The summed E-state index contributed by atoms with van der Waals surface area (Å²) in [5.74, 6) is 0.740. The molecule has 0 aromatic carbocycles. The molecule has 1 atom stereocenters. The fourth-order valence-electron chi connectivity index (χ4n) is 2.43. The van der Waals surface area contributed by atoms with Crippen LogP contribution in [0.15, 0.2) is 6.20 Å². The number of anilines is 1. The van der Waals surface area contributed by atoms with Gasteiger partial charge in [0.1, 0.15) is 5.82 Å². The monoisotopic (exact) mass is 277 g/mol. The van der Waals surface area contributed by atoms with Crippen LogP contribution in [0.25, 0.3) is 0 Å². The highest BCUT2D eigenvalue weighted by Gasteiger charge is 2.28. The molecule has 0 saturated carbocycles. The zero-order valence-corrected chi connectivity index (χ0v) is 12.6. The number of nitrogens with two attached hydrogens (primary N) is 1. The Labute approximate surface area is 120 Å². The van der Waals surface area contributed by atoms with E-state index in [1.165, 1.54) is 6.20 Å². The molecular formula is C14H23N5O. The molecule has 1 aliphatic rings. The predicted molar refractivity (Wildman–Crippen MR) is 78.5 cm³/mol. The van der Waals surface area contributed by atoms with Crippen molar-refractivity contribution in [3.63, 3.8) is 0 Å². The molecule has 20 heavy (non-hydrogen) atoms. The van der Waals surface area contributed by atoms with Gasteiger partial charge >= 0.3 is 0 Å². The van der Waals surface area contributed by atoms with Crippen LogP contribution in [0.1, 0.15) is 43.0 Å². The summed E-state index contributed by atoms with van der Waals surface area (Å²) in [4.78, 5) is 25.3. The first-order chi connectivity index (χ1) is 9.40. The van der Waals surface area contributed by atoms with E-state index in [4.69, 9.17) is 5.73 Å². The van der Waals surface area contributed by atoms with Gasteiger partial charge in [-0.15, -0.1) is 0 Å². The first kappa shape index (κ1) is 14.7. The second kappa shape index (κ2) is 5.75. The van der Waals surface area contributed by atoms with E-state index in [9.17, 15) is 4.79 Å². The lowest BCUT2D eigenvalue weighted by Crippen LogP contribution is -2.53. The molecule has 1 saturated heterocycles. The second-order valence-electron chi connectivity index (χ2n) is 5.80. The van der Waals surface area contributed by atoms with Crippen LogP contribution in [0.4, 0.5) is 5.69 Å². The lowest BCUT2D eigenvalue weighted by Gasteiger charge is -2.38. The molecule has 6 nitrogen and oxygen atoms in total. The fraction of sp³-hybridized carbons (Fsp3) is 0.643. The Hall–Kier alpha value is -1.69. The summed E-state index contributed by atoms with van der Waals surface area (Å²) in [7, 11) is 2.06. The highest BCUT2D eigenvalue weighted by atomic mass is 16.2. The van der Waals surface area contributed by atoms with Crippen LogP contribution in [0, 0.1) is 0 Å². The Morgan fingerprint density at radius 2 is 2.15 bits per heavy atom. The number of piperazine rings is 1. The molecule has 1 unspecified atom stereocenters. The number of likely N-dealkylation sites (N-methyl/N-ethyl adjacent to an activating group) is 1. The van der Waals surface area contributed by atoms with Gasteiger partial charge in [-0.25, -0.2) is 9.97 Å². The van der Waals surface area contributed by atoms with Crippen molar-refractivity contribution in [3.05, 3.63) is 17.7 Å². The van der Waals surface area contributed by atoms with Crippen molar-refractivity contribution >= 4 is 11.6 Å². The first-order valence-corrected chi connectivity index (χ1v) is 7.02. The second-order valence-corrected chi connectivity index (χ2v) is 5.80. The number of aromatic nitrogens is 2. The third-order valence-corrected chi connectivity index (χ3v) is 3.65. The van der Waals surface area contributed by atoms with E-state index >= 15 is 0 Å². The maximum atomic E-state index is 12.6. The third-order valence-electron chi connectivity index (χ3n) is 3.65. The van der Waals surface area contributed by atoms with Gasteiger partial charge in [0.05, 0.1) is 11.9 Å². The molecule has 1 aromatic rings. The van der Waals surface area contributed by atoms with Crippen LogP contribution in [-0.4, -0.2) is 58.4 Å².